The van der Waals surface area contributed by atoms with Crippen LogP contribution >= 0.6 is 0 Å². The van der Waals surface area contributed by atoms with Crippen molar-refractivity contribution in [1.82, 2.24) is 10.2 Å². The number of ether oxygens (including phenoxy) is 1. The minimum absolute atomic E-state index is 0.0989. The number of hydrogen-bond acceptors (Lipinski definition) is 4. The van der Waals surface area contributed by atoms with Crippen molar-refractivity contribution < 1.29 is 9.53 Å². The van der Waals surface area contributed by atoms with Crippen LogP contribution in [0.25, 0.3) is 0 Å². The zero-order valence-corrected chi connectivity index (χ0v) is 14.7. The average molecular weight is 298 g/mol. The number of nitrogens with zero attached hydrogens (tertiary/aromatic N) is 1. The van der Waals surface area contributed by atoms with Gasteiger partial charge in [0.25, 0.3) is 0 Å². The molecule has 1 aliphatic carbocycles. The van der Waals surface area contributed by atoms with Crippen LogP contribution in [0.1, 0.15) is 59.8 Å². The van der Waals surface area contributed by atoms with Crippen LogP contribution in [0.3, 0.4) is 0 Å². The zero-order chi connectivity index (χ0) is 16.0. The van der Waals surface area contributed by atoms with Crippen molar-refractivity contribution in [3.8, 4) is 0 Å². The maximum absolute atomic E-state index is 12.4. The molecule has 4 nitrogen and oxygen atoms in total. The second-order valence-corrected chi connectivity index (χ2v) is 7.29. The first-order chi connectivity index (χ1) is 9.80. The van der Waals surface area contributed by atoms with Gasteiger partial charge in [0, 0.05) is 12.1 Å². The molecule has 1 fully saturated rings. The fourth-order valence-corrected chi connectivity index (χ4v) is 3.39. The summed E-state index contributed by atoms with van der Waals surface area (Å²) in [6.07, 6.45) is 5.19. The van der Waals surface area contributed by atoms with Gasteiger partial charge in [0.05, 0.1) is 7.11 Å². The SMILES string of the molecule is COC(=O)C1(NC(C)C)CCCC(N(C)CCC(C)C)C1. The van der Waals surface area contributed by atoms with Gasteiger partial charge in [-0.25, -0.2) is 0 Å². The predicted octanol–water partition coefficient (Wildman–Crippen LogP) is 2.82. The van der Waals surface area contributed by atoms with E-state index in [0.29, 0.717) is 6.04 Å². The minimum atomic E-state index is -0.502. The van der Waals surface area contributed by atoms with E-state index in [2.05, 4.69) is 45.0 Å². The second kappa shape index (κ2) is 8.14. The van der Waals surface area contributed by atoms with Gasteiger partial charge < -0.3 is 9.64 Å². The Balaban J connectivity index is 2.75. The zero-order valence-electron chi connectivity index (χ0n) is 14.7. The van der Waals surface area contributed by atoms with Crippen molar-refractivity contribution in [2.24, 2.45) is 5.92 Å². The van der Waals surface area contributed by atoms with E-state index in [4.69, 9.17) is 4.74 Å². The Kier molecular flexibility index (Phi) is 7.14. The van der Waals surface area contributed by atoms with E-state index in [1.165, 1.54) is 20.0 Å². The molecule has 1 N–H and O–H groups in total. The Hall–Kier alpha value is -0.610. The summed E-state index contributed by atoms with van der Waals surface area (Å²) < 4.78 is 5.10. The Morgan fingerprint density at radius 1 is 1.38 bits per heavy atom. The topological polar surface area (TPSA) is 41.6 Å². The first-order valence-corrected chi connectivity index (χ1v) is 8.37. The van der Waals surface area contributed by atoms with E-state index >= 15 is 0 Å². The lowest BCUT2D eigenvalue weighted by Crippen LogP contribution is -2.60. The summed E-state index contributed by atoms with van der Waals surface area (Å²) in [5.41, 5.74) is -0.502. The van der Waals surface area contributed by atoms with E-state index in [1.807, 2.05) is 0 Å². The normalized spacial score (nSPS) is 26.6. The summed E-state index contributed by atoms with van der Waals surface area (Å²) in [4.78, 5) is 14.8. The number of hydrogen-bond donors (Lipinski definition) is 1. The average Bonchev–Trinajstić information content (AvgIpc) is 2.43. The third kappa shape index (κ3) is 5.26. The van der Waals surface area contributed by atoms with Crippen molar-refractivity contribution in [3.05, 3.63) is 0 Å². The molecule has 0 spiro atoms. The van der Waals surface area contributed by atoms with Gasteiger partial charge in [0.1, 0.15) is 5.54 Å². The van der Waals surface area contributed by atoms with Gasteiger partial charge in [-0.05, 0) is 65.5 Å². The van der Waals surface area contributed by atoms with Gasteiger partial charge >= 0.3 is 5.97 Å². The summed E-state index contributed by atoms with van der Waals surface area (Å²) in [5.74, 6) is 0.619. The maximum atomic E-state index is 12.4. The highest BCUT2D eigenvalue weighted by atomic mass is 16.5. The Morgan fingerprint density at radius 2 is 2.05 bits per heavy atom. The van der Waals surface area contributed by atoms with Crippen molar-refractivity contribution in [2.45, 2.75) is 77.4 Å². The molecule has 124 valence electrons. The standard InChI is InChI=1S/C17H34N2O2/c1-13(2)9-11-19(5)15-8-7-10-17(12-15,16(20)21-6)18-14(3)4/h13-15,18H,7-12H2,1-6H3. The van der Waals surface area contributed by atoms with Crippen molar-refractivity contribution in [2.75, 3.05) is 20.7 Å². The molecule has 0 aromatic carbocycles. The van der Waals surface area contributed by atoms with Crippen LogP contribution in [0.4, 0.5) is 0 Å². The van der Waals surface area contributed by atoms with Gasteiger partial charge in [-0.2, -0.15) is 0 Å². The quantitative estimate of drug-likeness (QED) is 0.734. The molecule has 0 aromatic heterocycles. The minimum Gasteiger partial charge on any atom is -0.468 e. The number of methoxy groups -OCH3 is 1. The third-order valence-corrected chi connectivity index (χ3v) is 4.55. The van der Waals surface area contributed by atoms with E-state index < -0.39 is 5.54 Å². The molecular weight excluding hydrogens is 264 g/mol. The summed E-state index contributed by atoms with van der Waals surface area (Å²) in [6, 6.07) is 0.742. The number of nitrogens with one attached hydrogen (secondary N) is 1. The smallest absolute Gasteiger partial charge is 0.326 e. The molecule has 1 saturated carbocycles. The monoisotopic (exact) mass is 298 g/mol. The molecule has 0 amide bonds. The highest BCUT2D eigenvalue weighted by Gasteiger charge is 2.44. The molecule has 0 saturated heterocycles. The van der Waals surface area contributed by atoms with Crippen LogP contribution in [-0.2, 0) is 9.53 Å². The Bertz CT molecular complexity index is 331. The largest absolute Gasteiger partial charge is 0.468 e. The lowest BCUT2D eigenvalue weighted by Gasteiger charge is -2.43. The molecule has 2 unspecified atom stereocenters. The van der Waals surface area contributed by atoms with E-state index in [0.717, 1.165) is 31.7 Å². The second-order valence-electron chi connectivity index (χ2n) is 7.29. The number of rotatable bonds is 7. The van der Waals surface area contributed by atoms with Crippen molar-refractivity contribution in [3.63, 3.8) is 0 Å². The molecule has 0 aromatic rings. The number of carbonyl (C=O) groups is 1. The number of esters is 1. The fourth-order valence-electron chi connectivity index (χ4n) is 3.39. The van der Waals surface area contributed by atoms with Crippen molar-refractivity contribution in [1.29, 1.82) is 0 Å². The van der Waals surface area contributed by atoms with E-state index in [1.54, 1.807) is 0 Å². The predicted molar refractivity (Wildman–Crippen MR) is 87.4 cm³/mol. The summed E-state index contributed by atoms with van der Waals surface area (Å²) in [7, 11) is 3.69. The lowest BCUT2D eigenvalue weighted by molar-refractivity contribution is -0.151. The molecule has 0 bridgehead atoms. The summed E-state index contributed by atoms with van der Waals surface area (Å²) in [6.45, 7) is 9.80. The van der Waals surface area contributed by atoms with Gasteiger partial charge in [-0.15, -0.1) is 0 Å². The Morgan fingerprint density at radius 3 is 2.57 bits per heavy atom. The molecule has 21 heavy (non-hydrogen) atoms. The summed E-state index contributed by atoms with van der Waals surface area (Å²) in [5, 5.41) is 3.49. The molecule has 2 atom stereocenters. The van der Waals surface area contributed by atoms with Crippen LogP contribution in [-0.4, -0.2) is 49.2 Å². The molecule has 1 aliphatic rings. The summed E-state index contributed by atoms with van der Waals surface area (Å²) >= 11 is 0. The molecule has 4 heteroatoms. The van der Waals surface area contributed by atoms with Crippen LogP contribution in [0.15, 0.2) is 0 Å². The molecule has 0 aliphatic heterocycles. The van der Waals surface area contributed by atoms with E-state index in [9.17, 15) is 4.79 Å². The van der Waals surface area contributed by atoms with Gasteiger partial charge in [0.15, 0.2) is 0 Å². The van der Waals surface area contributed by atoms with E-state index in [-0.39, 0.29) is 12.0 Å². The van der Waals surface area contributed by atoms with Crippen LogP contribution in [0, 0.1) is 5.92 Å². The third-order valence-electron chi connectivity index (χ3n) is 4.55. The first-order valence-electron chi connectivity index (χ1n) is 8.37. The van der Waals surface area contributed by atoms with Crippen LogP contribution in [0.5, 0.6) is 0 Å². The van der Waals surface area contributed by atoms with Crippen LogP contribution in [0.2, 0.25) is 0 Å². The molecular formula is C17H34N2O2. The fraction of sp³-hybridized carbons (Fsp3) is 0.941. The first kappa shape index (κ1) is 18.4. The van der Waals surface area contributed by atoms with Gasteiger partial charge in [-0.3, -0.25) is 10.1 Å². The number of carbonyl (C=O) groups excluding carboxylic acids is 1. The van der Waals surface area contributed by atoms with Gasteiger partial charge in [0.2, 0.25) is 0 Å². The van der Waals surface area contributed by atoms with Crippen LogP contribution < -0.4 is 5.32 Å². The lowest BCUT2D eigenvalue weighted by atomic mass is 9.77. The van der Waals surface area contributed by atoms with Gasteiger partial charge in [-0.1, -0.05) is 13.8 Å². The maximum Gasteiger partial charge on any atom is 0.326 e. The Labute approximate surface area is 130 Å². The highest BCUT2D eigenvalue weighted by molar-refractivity contribution is 5.81. The molecule has 0 radical (unpaired) electrons. The highest BCUT2D eigenvalue weighted by Crippen LogP contribution is 2.32. The van der Waals surface area contributed by atoms with Crippen molar-refractivity contribution >= 4 is 5.97 Å². The molecule has 1 rings (SSSR count). The molecule has 0 heterocycles.